The predicted octanol–water partition coefficient (Wildman–Crippen LogP) is 4.00. The third-order valence-electron chi connectivity index (χ3n) is 3.15. The Morgan fingerprint density at radius 3 is 2.37 bits per heavy atom. The summed E-state index contributed by atoms with van der Waals surface area (Å²) in [5, 5.41) is 12.8. The molecule has 1 amide bonds. The highest BCUT2D eigenvalue weighted by atomic mass is 79.9. The lowest BCUT2D eigenvalue weighted by molar-refractivity contribution is -0.116. The summed E-state index contributed by atoms with van der Waals surface area (Å²) in [5.41, 5.74) is 2.26. The molecule has 5 heteroatoms. The maximum atomic E-state index is 12.2. The first-order valence-electron chi connectivity index (χ1n) is 5.65. The van der Waals surface area contributed by atoms with Crippen LogP contribution in [0.5, 0.6) is 5.75 Å². The van der Waals surface area contributed by atoms with Gasteiger partial charge in [-0.25, -0.2) is 0 Å². The SMILES string of the molecule is O=C1Nc2ccc(Br)cc2[C@@H]1c1cc(Br)ccc1O. The standard InChI is InChI=1S/C14H9Br2NO2/c15-7-1-3-11-9(5-7)13(14(19)17-11)10-6-8(16)2-4-12(10)18/h1-6,13,18H,(H,17,19)/t13-/m1/s1. The van der Waals surface area contributed by atoms with Gasteiger partial charge < -0.3 is 10.4 Å². The van der Waals surface area contributed by atoms with Gasteiger partial charge in [-0.1, -0.05) is 31.9 Å². The quantitative estimate of drug-likeness (QED) is 0.783. The fourth-order valence-electron chi connectivity index (χ4n) is 2.30. The normalized spacial score (nSPS) is 17.2. The Kier molecular flexibility index (Phi) is 3.11. The number of amides is 1. The van der Waals surface area contributed by atoms with Crippen molar-refractivity contribution in [1.29, 1.82) is 0 Å². The maximum Gasteiger partial charge on any atom is 0.236 e. The van der Waals surface area contributed by atoms with Crippen LogP contribution in [0.1, 0.15) is 17.0 Å². The fourth-order valence-corrected chi connectivity index (χ4v) is 3.06. The number of anilines is 1. The Bertz CT molecular complexity index is 685. The minimum atomic E-state index is -0.481. The lowest BCUT2D eigenvalue weighted by Gasteiger charge is -2.12. The summed E-state index contributed by atoms with van der Waals surface area (Å²) in [6.07, 6.45) is 0. The second kappa shape index (κ2) is 4.65. The minimum absolute atomic E-state index is 0.121. The topological polar surface area (TPSA) is 49.3 Å². The van der Waals surface area contributed by atoms with Crippen LogP contribution >= 0.6 is 31.9 Å². The second-order valence-electron chi connectivity index (χ2n) is 4.36. The third-order valence-corrected chi connectivity index (χ3v) is 4.13. The number of fused-ring (bicyclic) bond motifs is 1. The van der Waals surface area contributed by atoms with Crippen LogP contribution in [0.25, 0.3) is 0 Å². The molecule has 0 spiro atoms. The molecule has 0 saturated carbocycles. The molecule has 1 atom stereocenters. The van der Waals surface area contributed by atoms with Crippen LogP contribution in [0.4, 0.5) is 5.69 Å². The molecule has 2 N–H and O–H groups in total. The Morgan fingerprint density at radius 2 is 1.63 bits per heavy atom. The smallest absolute Gasteiger partial charge is 0.236 e. The number of carbonyl (C=O) groups is 1. The van der Waals surface area contributed by atoms with E-state index >= 15 is 0 Å². The number of nitrogens with one attached hydrogen (secondary N) is 1. The maximum absolute atomic E-state index is 12.2. The molecule has 96 valence electrons. The molecule has 3 rings (SSSR count). The summed E-state index contributed by atoms with van der Waals surface area (Å²) in [6.45, 7) is 0. The van der Waals surface area contributed by atoms with Crippen molar-refractivity contribution < 1.29 is 9.90 Å². The van der Waals surface area contributed by atoms with E-state index in [4.69, 9.17) is 0 Å². The predicted molar refractivity (Wildman–Crippen MR) is 80.4 cm³/mol. The number of hydrogen-bond acceptors (Lipinski definition) is 2. The van der Waals surface area contributed by atoms with E-state index in [9.17, 15) is 9.90 Å². The van der Waals surface area contributed by atoms with Crippen molar-refractivity contribution in [2.45, 2.75) is 5.92 Å². The average molecular weight is 383 g/mol. The highest BCUT2D eigenvalue weighted by molar-refractivity contribution is 9.10. The summed E-state index contributed by atoms with van der Waals surface area (Å²) in [5.74, 6) is -0.484. The van der Waals surface area contributed by atoms with E-state index < -0.39 is 5.92 Å². The van der Waals surface area contributed by atoms with E-state index in [1.54, 1.807) is 18.2 Å². The van der Waals surface area contributed by atoms with E-state index in [1.165, 1.54) is 0 Å². The summed E-state index contributed by atoms with van der Waals surface area (Å²) in [7, 11) is 0. The molecule has 1 aliphatic heterocycles. The number of phenolic OH excluding ortho intramolecular Hbond substituents is 1. The molecule has 3 nitrogen and oxygen atoms in total. The number of aromatic hydroxyl groups is 1. The van der Waals surface area contributed by atoms with Gasteiger partial charge in [0, 0.05) is 20.2 Å². The van der Waals surface area contributed by atoms with Crippen molar-refractivity contribution in [1.82, 2.24) is 0 Å². The molecule has 0 radical (unpaired) electrons. The Morgan fingerprint density at radius 1 is 1.00 bits per heavy atom. The molecule has 2 aromatic rings. The molecule has 1 aliphatic rings. The van der Waals surface area contributed by atoms with Gasteiger partial charge in [0.2, 0.25) is 5.91 Å². The first-order chi connectivity index (χ1) is 9.06. The molecular formula is C14H9Br2NO2. The first kappa shape index (κ1) is 12.7. The van der Waals surface area contributed by atoms with E-state index in [0.717, 1.165) is 20.2 Å². The van der Waals surface area contributed by atoms with Crippen molar-refractivity contribution in [3.05, 3.63) is 56.5 Å². The number of hydrogen-bond donors (Lipinski definition) is 2. The first-order valence-corrected chi connectivity index (χ1v) is 7.23. The lowest BCUT2D eigenvalue weighted by Crippen LogP contribution is -2.13. The summed E-state index contributed by atoms with van der Waals surface area (Å²) in [4.78, 5) is 12.2. The molecule has 0 saturated heterocycles. The van der Waals surface area contributed by atoms with Gasteiger partial charge in [-0.05, 0) is 42.0 Å². The van der Waals surface area contributed by atoms with Gasteiger partial charge in [-0.3, -0.25) is 4.79 Å². The minimum Gasteiger partial charge on any atom is -0.508 e. The number of halogens is 2. The average Bonchev–Trinajstić information content (AvgIpc) is 2.68. The molecule has 1 heterocycles. The third kappa shape index (κ3) is 2.17. The van der Waals surface area contributed by atoms with Crippen LogP contribution in [0, 0.1) is 0 Å². The van der Waals surface area contributed by atoms with Gasteiger partial charge in [0.15, 0.2) is 0 Å². The van der Waals surface area contributed by atoms with Gasteiger partial charge in [0.25, 0.3) is 0 Å². The van der Waals surface area contributed by atoms with Crippen molar-refractivity contribution in [2.24, 2.45) is 0 Å². The van der Waals surface area contributed by atoms with Crippen LogP contribution in [0.2, 0.25) is 0 Å². The highest BCUT2D eigenvalue weighted by Crippen LogP contribution is 2.42. The summed E-state index contributed by atoms with van der Waals surface area (Å²) < 4.78 is 1.73. The zero-order valence-corrected chi connectivity index (χ0v) is 12.8. The van der Waals surface area contributed by atoms with E-state index in [2.05, 4.69) is 37.2 Å². The molecule has 19 heavy (non-hydrogen) atoms. The molecule has 0 unspecified atom stereocenters. The molecule has 0 aromatic heterocycles. The molecule has 0 aliphatic carbocycles. The largest absolute Gasteiger partial charge is 0.508 e. The number of phenols is 1. The van der Waals surface area contributed by atoms with Gasteiger partial charge >= 0.3 is 0 Å². The van der Waals surface area contributed by atoms with Gasteiger partial charge in [0.1, 0.15) is 5.75 Å². The summed E-state index contributed by atoms with van der Waals surface area (Å²) in [6, 6.07) is 10.7. The number of rotatable bonds is 1. The zero-order valence-electron chi connectivity index (χ0n) is 9.65. The molecular weight excluding hydrogens is 374 g/mol. The van der Waals surface area contributed by atoms with Crippen LogP contribution in [-0.2, 0) is 4.79 Å². The van der Waals surface area contributed by atoms with Crippen molar-refractivity contribution in [3.63, 3.8) is 0 Å². The Hall–Kier alpha value is -1.33. The fraction of sp³-hybridized carbons (Fsp3) is 0.0714. The van der Waals surface area contributed by atoms with E-state index in [-0.39, 0.29) is 11.7 Å². The van der Waals surface area contributed by atoms with Gasteiger partial charge in [0.05, 0.1) is 5.92 Å². The number of carbonyl (C=O) groups excluding carboxylic acids is 1. The zero-order chi connectivity index (χ0) is 13.6. The second-order valence-corrected chi connectivity index (χ2v) is 6.19. The highest BCUT2D eigenvalue weighted by Gasteiger charge is 2.33. The van der Waals surface area contributed by atoms with Crippen molar-refractivity contribution in [2.75, 3.05) is 5.32 Å². The number of benzene rings is 2. The van der Waals surface area contributed by atoms with Crippen molar-refractivity contribution in [3.8, 4) is 5.75 Å². The van der Waals surface area contributed by atoms with Gasteiger partial charge in [-0.2, -0.15) is 0 Å². The molecule has 2 aromatic carbocycles. The monoisotopic (exact) mass is 381 g/mol. The molecule has 0 fully saturated rings. The van der Waals surface area contributed by atoms with Crippen LogP contribution < -0.4 is 5.32 Å². The van der Waals surface area contributed by atoms with Gasteiger partial charge in [-0.15, -0.1) is 0 Å². The van der Waals surface area contributed by atoms with E-state index in [1.807, 2.05) is 18.2 Å². The Labute approximate surface area is 126 Å². The molecule has 0 bridgehead atoms. The lowest BCUT2D eigenvalue weighted by atomic mass is 9.92. The Balaban J connectivity index is 2.19. The van der Waals surface area contributed by atoms with Crippen LogP contribution in [0.3, 0.4) is 0 Å². The van der Waals surface area contributed by atoms with Crippen LogP contribution in [-0.4, -0.2) is 11.0 Å². The van der Waals surface area contributed by atoms with Crippen molar-refractivity contribution >= 4 is 43.5 Å². The summed E-state index contributed by atoms with van der Waals surface area (Å²) >= 11 is 6.77. The van der Waals surface area contributed by atoms with Crippen LogP contribution in [0.15, 0.2) is 45.3 Å². The van der Waals surface area contributed by atoms with E-state index in [0.29, 0.717) is 5.56 Å².